The Hall–Kier alpha value is -4.94. The van der Waals surface area contributed by atoms with Gasteiger partial charge >= 0.3 is 0 Å². The van der Waals surface area contributed by atoms with Crippen LogP contribution in [0.25, 0.3) is 0 Å². The number of carbonyl (C=O) groups excluding carboxylic acids is 3. The summed E-state index contributed by atoms with van der Waals surface area (Å²) in [5.74, 6) is -6.64. The minimum Gasteiger partial charge on any atom is -0.353 e. The lowest BCUT2D eigenvalue weighted by Crippen LogP contribution is -2.62. The topological polar surface area (TPSA) is 152 Å². The SMILES string of the molecule is N#Cc1cccc(NC(=O)C2([C@@H](C(=O)NC3CCC(F)(F)CC3)c3ccccc3Cl)CCC(=O)N2c2nccc(C#N)n2)c1. The Morgan fingerprint density at radius 3 is 2.50 bits per heavy atom. The van der Waals surface area contributed by atoms with E-state index in [0.717, 1.165) is 4.90 Å². The molecule has 3 amide bonds. The van der Waals surface area contributed by atoms with Crippen molar-refractivity contribution in [3.05, 3.63) is 82.6 Å². The average molecular weight is 618 g/mol. The van der Waals surface area contributed by atoms with Crippen molar-refractivity contribution in [3.8, 4) is 12.1 Å². The van der Waals surface area contributed by atoms with Gasteiger partial charge in [-0.2, -0.15) is 10.5 Å². The Kier molecular flexibility index (Phi) is 8.56. The molecule has 2 atom stereocenters. The van der Waals surface area contributed by atoms with Gasteiger partial charge in [0.05, 0.1) is 17.6 Å². The molecule has 1 saturated carbocycles. The smallest absolute Gasteiger partial charge is 0.252 e. The summed E-state index contributed by atoms with van der Waals surface area (Å²) < 4.78 is 27.8. The summed E-state index contributed by atoms with van der Waals surface area (Å²) in [5.41, 5.74) is -1.40. The molecule has 1 aromatic heterocycles. The van der Waals surface area contributed by atoms with E-state index in [9.17, 15) is 33.7 Å². The van der Waals surface area contributed by atoms with Gasteiger partial charge in [-0.15, -0.1) is 0 Å². The van der Waals surface area contributed by atoms with Crippen LogP contribution in [0.2, 0.25) is 5.02 Å². The molecule has 224 valence electrons. The molecule has 0 radical (unpaired) electrons. The number of hydrogen-bond acceptors (Lipinski definition) is 7. The fourth-order valence-electron chi connectivity index (χ4n) is 5.87. The first-order valence-corrected chi connectivity index (χ1v) is 14.3. The zero-order chi connectivity index (χ0) is 31.5. The predicted molar refractivity (Wildman–Crippen MR) is 156 cm³/mol. The first kappa shape index (κ1) is 30.5. The van der Waals surface area contributed by atoms with E-state index < -0.39 is 54.0 Å². The van der Waals surface area contributed by atoms with Crippen molar-refractivity contribution in [2.24, 2.45) is 0 Å². The normalized spacial score (nSPS) is 20.3. The van der Waals surface area contributed by atoms with Gasteiger partial charge in [0.1, 0.15) is 17.3 Å². The van der Waals surface area contributed by atoms with Gasteiger partial charge in [0, 0.05) is 42.2 Å². The van der Waals surface area contributed by atoms with E-state index >= 15 is 0 Å². The second kappa shape index (κ2) is 12.3. The van der Waals surface area contributed by atoms with Gasteiger partial charge in [-0.3, -0.25) is 19.3 Å². The zero-order valence-corrected chi connectivity index (χ0v) is 24.0. The van der Waals surface area contributed by atoms with Crippen LogP contribution < -0.4 is 15.5 Å². The number of alkyl halides is 2. The standard InChI is InChI=1S/C31H26ClF2N7O3/c32-24-7-2-1-6-23(24)26(27(43)38-20-8-12-30(33,34)13-9-20)31(28(44)39-21-5-3-4-19(16-21)17-35)14-10-25(42)41(31)29-37-15-11-22(18-36)40-29/h1-7,11,15-16,20,26H,8-10,12-14H2,(H,38,43)(H,39,44)/t26-,31?/m1/s1. The highest BCUT2D eigenvalue weighted by Crippen LogP contribution is 2.47. The Labute approximate surface area is 256 Å². The summed E-state index contributed by atoms with van der Waals surface area (Å²) in [7, 11) is 0. The lowest BCUT2D eigenvalue weighted by atomic mass is 9.75. The van der Waals surface area contributed by atoms with E-state index in [4.69, 9.17) is 11.6 Å². The minimum absolute atomic E-state index is 0.0180. The first-order chi connectivity index (χ1) is 21.1. The van der Waals surface area contributed by atoms with Crippen LogP contribution in [-0.2, 0) is 14.4 Å². The molecular formula is C31H26ClF2N7O3. The third-order valence-corrected chi connectivity index (χ3v) is 8.33. The molecular weight excluding hydrogens is 592 g/mol. The fourth-order valence-corrected chi connectivity index (χ4v) is 6.12. The van der Waals surface area contributed by atoms with Crippen LogP contribution in [0, 0.1) is 22.7 Å². The highest BCUT2D eigenvalue weighted by molar-refractivity contribution is 6.32. The van der Waals surface area contributed by atoms with E-state index in [0.29, 0.717) is 0 Å². The number of nitrogens with zero attached hydrogens (tertiary/aromatic N) is 5. The van der Waals surface area contributed by atoms with Crippen LogP contribution in [0.15, 0.2) is 60.8 Å². The maximum Gasteiger partial charge on any atom is 0.252 e. The number of anilines is 2. The number of nitriles is 2. The molecule has 3 aromatic rings. The number of hydrogen-bond donors (Lipinski definition) is 2. The maximum absolute atomic E-state index is 14.6. The molecule has 2 fully saturated rings. The summed E-state index contributed by atoms with van der Waals surface area (Å²) in [6.07, 6.45) is 0.119. The molecule has 1 aliphatic heterocycles. The Morgan fingerprint density at radius 1 is 1.05 bits per heavy atom. The van der Waals surface area contributed by atoms with Crippen molar-refractivity contribution in [1.29, 1.82) is 10.5 Å². The van der Waals surface area contributed by atoms with Crippen LogP contribution in [0.1, 0.15) is 61.3 Å². The van der Waals surface area contributed by atoms with Gasteiger partial charge in [-0.1, -0.05) is 35.9 Å². The van der Waals surface area contributed by atoms with Crippen LogP contribution >= 0.6 is 11.6 Å². The Morgan fingerprint density at radius 2 is 1.80 bits per heavy atom. The van der Waals surface area contributed by atoms with Gasteiger partial charge in [-0.25, -0.2) is 18.7 Å². The fraction of sp³-hybridized carbons (Fsp3) is 0.323. The summed E-state index contributed by atoms with van der Waals surface area (Å²) in [6.45, 7) is 0. The summed E-state index contributed by atoms with van der Waals surface area (Å²) in [4.78, 5) is 52.0. The molecule has 13 heteroatoms. The third kappa shape index (κ3) is 5.94. The minimum atomic E-state index is -2.83. The molecule has 2 N–H and O–H groups in total. The summed E-state index contributed by atoms with van der Waals surface area (Å²) in [5, 5.41) is 24.6. The largest absolute Gasteiger partial charge is 0.353 e. The Bertz CT molecular complexity index is 1700. The maximum atomic E-state index is 14.6. The van der Waals surface area contributed by atoms with Gasteiger partial charge < -0.3 is 10.6 Å². The number of benzene rings is 2. The van der Waals surface area contributed by atoms with Crippen molar-refractivity contribution in [2.45, 2.75) is 61.9 Å². The summed E-state index contributed by atoms with van der Waals surface area (Å²) in [6, 6.07) is 17.1. The van der Waals surface area contributed by atoms with Crippen molar-refractivity contribution in [1.82, 2.24) is 15.3 Å². The zero-order valence-electron chi connectivity index (χ0n) is 23.3. The number of nitrogens with one attached hydrogen (secondary N) is 2. The third-order valence-electron chi connectivity index (χ3n) is 7.99. The second-order valence-corrected chi connectivity index (χ2v) is 11.2. The lowest BCUT2D eigenvalue weighted by molar-refractivity contribution is -0.132. The quantitative estimate of drug-likeness (QED) is 0.384. The highest BCUT2D eigenvalue weighted by Gasteiger charge is 2.61. The van der Waals surface area contributed by atoms with E-state index in [1.165, 1.54) is 24.4 Å². The van der Waals surface area contributed by atoms with Crippen molar-refractivity contribution in [3.63, 3.8) is 0 Å². The van der Waals surface area contributed by atoms with E-state index in [-0.39, 0.29) is 59.2 Å². The van der Waals surface area contributed by atoms with Gasteiger partial charge in [0.25, 0.3) is 5.91 Å². The van der Waals surface area contributed by atoms with Crippen LogP contribution in [0.5, 0.6) is 0 Å². The predicted octanol–water partition coefficient (Wildman–Crippen LogP) is 4.86. The molecule has 10 nitrogen and oxygen atoms in total. The highest BCUT2D eigenvalue weighted by atomic mass is 35.5. The van der Waals surface area contributed by atoms with Crippen LogP contribution in [0.4, 0.5) is 20.4 Å². The molecule has 2 aliphatic rings. The average Bonchev–Trinajstić information content (AvgIpc) is 3.36. The number of carbonyl (C=O) groups is 3. The molecule has 1 aliphatic carbocycles. The number of amides is 3. The van der Waals surface area contributed by atoms with Crippen LogP contribution in [-0.4, -0.2) is 45.2 Å². The number of aromatic nitrogens is 2. The monoisotopic (exact) mass is 617 g/mol. The summed E-state index contributed by atoms with van der Waals surface area (Å²) >= 11 is 6.64. The molecule has 44 heavy (non-hydrogen) atoms. The van der Waals surface area contributed by atoms with Crippen LogP contribution in [0.3, 0.4) is 0 Å². The molecule has 2 heterocycles. The van der Waals surface area contributed by atoms with Crippen molar-refractivity contribution < 1.29 is 23.2 Å². The molecule has 5 rings (SSSR count). The van der Waals surface area contributed by atoms with Crippen molar-refractivity contribution in [2.75, 3.05) is 10.2 Å². The lowest BCUT2D eigenvalue weighted by Gasteiger charge is -2.42. The number of rotatable bonds is 7. The molecule has 0 bridgehead atoms. The molecule has 2 aromatic carbocycles. The van der Waals surface area contributed by atoms with Gasteiger partial charge in [0.15, 0.2) is 0 Å². The van der Waals surface area contributed by atoms with Gasteiger partial charge in [-0.05, 0) is 55.2 Å². The second-order valence-electron chi connectivity index (χ2n) is 10.7. The Balaban J connectivity index is 1.68. The number of halogens is 3. The van der Waals surface area contributed by atoms with Crippen molar-refractivity contribution >= 4 is 41.0 Å². The van der Waals surface area contributed by atoms with Gasteiger partial charge in [0.2, 0.25) is 23.7 Å². The molecule has 1 saturated heterocycles. The first-order valence-electron chi connectivity index (χ1n) is 13.9. The van der Waals surface area contributed by atoms with E-state index in [2.05, 4.69) is 20.6 Å². The van der Waals surface area contributed by atoms with E-state index in [1.807, 2.05) is 12.1 Å². The van der Waals surface area contributed by atoms with E-state index in [1.54, 1.807) is 36.4 Å². The molecule has 1 unspecified atom stereocenters. The molecule has 0 spiro atoms.